The Bertz CT molecular complexity index is 675. The largest absolute Gasteiger partial charge is 0.490 e. The van der Waals surface area contributed by atoms with Crippen LogP contribution in [0.2, 0.25) is 0 Å². The Hall–Kier alpha value is -2.00. The highest BCUT2D eigenvalue weighted by Gasteiger charge is 2.16. The van der Waals surface area contributed by atoms with Crippen LogP contribution in [0.4, 0.5) is 0 Å². The van der Waals surface area contributed by atoms with Crippen molar-refractivity contribution in [3.8, 4) is 11.5 Å². The van der Waals surface area contributed by atoms with E-state index in [4.69, 9.17) is 9.47 Å². The second-order valence-corrected chi connectivity index (χ2v) is 7.17. The first-order valence-corrected chi connectivity index (χ1v) is 9.92. The summed E-state index contributed by atoms with van der Waals surface area (Å²) in [7, 11) is 0. The minimum atomic E-state index is 0.556. The topological polar surface area (TPSA) is 30.5 Å². The summed E-state index contributed by atoms with van der Waals surface area (Å²) in [4.78, 5) is 0. The van der Waals surface area contributed by atoms with Crippen LogP contribution in [0.1, 0.15) is 55.7 Å². The summed E-state index contributed by atoms with van der Waals surface area (Å²) in [5.74, 6) is 1.71. The Morgan fingerprint density at radius 1 is 0.962 bits per heavy atom. The zero-order valence-corrected chi connectivity index (χ0v) is 16.1. The summed E-state index contributed by atoms with van der Waals surface area (Å²) >= 11 is 0. The number of hydrogen-bond donors (Lipinski definition) is 1. The lowest BCUT2D eigenvalue weighted by molar-refractivity contribution is 0.265. The normalized spacial score (nSPS) is 15.0. The summed E-state index contributed by atoms with van der Waals surface area (Å²) in [5.41, 5.74) is 3.61. The lowest BCUT2D eigenvalue weighted by atomic mass is 9.95. The third-order valence-corrected chi connectivity index (χ3v) is 5.05. The molecule has 0 bridgehead atoms. The van der Waals surface area contributed by atoms with Gasteiger partial charge in [0.25, 0.3) is 0 Å². The van der Waals surface area contributed by atoms with Gasteiger partial charge in [0.1, 0.15) is 6.61 Å². The molecule has 1 N–H and O–H groups in total. The number of benzene rings is 2. The first-order chi connectivity index (χ1) is 12.8. The van der Waals surface area contributed by atoms with Gasteiger partial charge in [0.05, 0.1) is 6.61 Å². The second kappa shape index (κ2) is 9.63. The van der Waals surface area contributed by atoms with Crippen LogP contribution >= 0.6 is 0 Å². The molecule has 3 heteroatoms. The summed E-state index contributed by atoms with van der Waals surface area (Å²) in [6, 6.07) is 15.3. The molecule has 0 spiro atoms. The lowest BCUT2D eigenvalue weighted by Crippen LogP contribution is -2.30. The van der Waals surface area contributed by atoms with Gasteiger partial charge in [-0.1, -0.05) is 61.2 Å². The van der Waals surface area contributed by atoms with Crippen molar-refractivity contribution < 1.29 is 9.47 Å². The molecule has 26 heavy (non-hydrogen) atoms. The predicted molar refractivity (Wildman–Crippen MR) is 107 cm³/mol. The average Bonchev–Trinajstić information content (AvgIpc) is 2.68. The first-order valence-electron chi connectivity index (χ1n) is 9.92. The molecule has 140 valence electrons. The van der Waals surface area contributed by atoms with Crippen LogP contribution in [-0.4, -0.2) is 12.6 Å². The van der Waals surface area contributed by atoms with Gasteiger partial charge < -0.3 is 14.8 Å². The predicted octanol–water partition coefficient (Wildman–Crippen LogP) is 5.40. The van der Waals surface area contributed by atoms with Crippen molar-refractivity contribution >= 4 is 0 Å². The Morgan fingerprint density at radius 3 is 2.46 bits per heavy atom. The molecule has 1 aliphatic carbocycles. The summed E-state index contributed by atoms with van der Waals surface area (Å²) in [5, 5.41) is 3.72. The van der Waals surface area contributed by atoms with Crippen LogP contribution in [0.15, 0.2) is 42.5 Å². The molecule has 0 unspecified atom stereocenters. The minimum absolute atomic E-state index is 0.556. The molecule has 1 saturated carbocycles. The maximum Gasteiger partial charge on any atom is 0.166 e. The number of aryl methyl sites for hydroxylation is 1. The highest BCUT2D eigenvalue weighted by Crippen LogP contribution is 2.32. The average molecular weight is 354 g/mol. The fraction of sp³-hybridized carbons (Fsp3) is 0.478. The Morgan fingerprint density at radius 2 is 1.73 bits per heavy atom. The molecule has 0 radical (unpaired) electrons. The SMILES string of the molecule is CCOc1cccc(CNC2CCCCC2)c1OCc1ccc(C)cc1. The minimum Gasteiger partial charge on any atom is -0.490 e. The molecular formula is C23H31NO2. The summed E-state index contributed by atoms with van der Waals surface area (Å²) < 4.78 is 12.0. The monoisotopic (exact) mass is 353 g/mol. The van der Waals surface area contributed by atoms with Crippen LogP contribution in [0.3, 0.4) is 0 Å². The zero-order chi connectivity index (χ0) is 18.2. The van der Waals surface area contributed by atoms with Gasteiger partial charge in [-0.3, -0.25) is 0 Å². The number of nitrogens with one attached hydrogen (secondary N) is 1. The van der Waals surface area contributed by atoms with Crippen molar-refractivity contribution in [2.24, 2.45) is 0 Å². The molecular weight excluding hydrogens is 322 g/mol. The smallest absolute Gasteiger partial charge is 0.166 e. The highest BCUT2D eigenvalue weighted by molar-refractivity contribution is 5.47. The van der Waals surface area contributed by atoms with E-state index in [0.29, 0.717) is 19.3 Å². The molecule has 0 aromatic heterocycles. The van der Waals surface area contributed by atoms with Crippen LogP contribution in [-0.2, 0) is 13.2 Å². The molecule has 0 aliphatic heterocycles. The fourth-order valence-electron chi connectivity index (χ4n) is 3.53. The molecule has 0 saturated heterocycles. The lowest BCUT2D eigenvalue weighted by Gasteiger charge is -2.24. The van der Waals surface area contributed by atoms with Crippen molar-refractivity contribution in [2.45, 2.75) is 65.1 Å². The summed E-state index contributed by atoms with van der Waals surface area (Å²) in [6.07, 6.45) is 6.62. The van der Waals surface area contributed by atoms with E-state index in [2.05, 4.69) is 48.6 Å². The van der Waals surface area contributed by atoms with Crippen LogP contribution in [0, 0.1) is 6.92 Å². The quantitative estimate of drug-likeness (QED) is 0.690. The first kappa shape index (κ1) is 18.8. The van der Waals surface area contributed by atoms with Gasteiger partial charge in [0, 0.05) is 18.2 Å². The van der Waals surface area contributed by atoms with E-state index in [0.717, 1.165) is 18.0 Å². The molecule has 3 rings (SSSR count). The van der Waals surface area contributed by atoms with E-state index >= 15 is 0 Å². The molecule has 1 fully saturated rings. The van der Waals surface area contributed by atoms with Crippen molar-refractivity contribution in [3.05, 3.63) is 59.2 Å². The van der Waals surface area contributed by atoms with E-state index in [1.165, 1.54) is 48.8 Å². The van der Waals surface area contributed by atoms with Gasteiger partial charge in [0.15, 0.2) is 11.5 Å². The van der Waals surface area contributed by atoms with Crippen molar-refractivity contribution in [2.75, 3.05) is 6.61 Å². The van der Waals surface area contributed by atoms with Gasteiger partial charge in [-0.2, -0.15) is 0 Å². The van der Waals surface area contributed by atoms with E-state index in [-0.39, 0.29) is 0 Å². The van der Waals surface area contributed by atoms with E-state index in [9.17, 15) is 0 Å². The number of para-hydroxylation sites is 1. The zero-order valence-electron chi connectivity index (χ0n) is 16.1. The molecule has 3 nitrogen and oxygen atoms in total. The number of ether oxygens (including phenoxy) is 2. The Labute approximate surface area is 157 Å². The van der Waals surface area contributed by atoms with E-state index < -0.39 is 0 Å². The Balaban J connectivity index is 1.70. The molecule has 0 atom stereocenters. The fourth-order valence-corrected chi connectivity index (χ4v) is 3.53. The van der Waals surface area contributed by atoms with Gasteiger partial charge in [0.2, 0.25) is 0 Å². The molecule has 0 amide bonds. The molecule has 2 aromatic rings. The van der Waals surface area contributed by atoms with Crippen LogP contribution in [0.5, 0.6) is 11.5 Å². The van der Waals surface area contributed by atoms with Crippen molar-refractivity contribution in [1.82, 2.24) is 5.32 Å². The highest BCUT2D eigenvalue weighted by atomic mass is 16.5. The Kier molecular flexibility index (Phi) is 6.96. The third kappa shape index (κ3) is 5.25. The number of hydrogen-bond acceptors (Lipinski definition) is 3. The summed E-state index contributed by atoms with van der Waals surface area (Å²) in [6.45, 7) is 6.14. The maximum absolute atomic E-state index is 6.22. The molecule has 0 heterocycles. The van der Waals surface area contributed by atoms with Gasteiger partial charge in [-0.05, 0) is 38.3 Å². The van der Waals surface area contributed by atoms with Gasteiger partial charge in [-0.15, -0.1) is 0 Å². The van der Waals surface area contributed by atoms with Gasteiger partial charge >= 0.3 is 0 Å². The number of rotatable bonds is 8. The molecule has 2 aromatic carbocycles. The van der Waals surface area contributed by atoms with Crippen LogP contribution < -0.4 is 14.8 Å². The van der Waals surface area contributed by atoms with Crippen molar-refractivity contribution in [3.63, 3.8) is 0 Å². The molecule has 1 aliphatic rings. The van der Waals surface area contributed by atoms with E-state index in [1.54, 1.807) is 0 Å². The third-order valence-electron chi connectivity index (χ3n) is 5.05. The van der Waals surface area contributed by atoms with E-state index in [1.807, 2.05) is 13.0 Å². The van der Waals surface area contributed by atoms with Crippen molar-refractivity contribution in [1.29, 1.82) is 0 Å². The maximum atomic E-state index is 6.22. The van der Waals surface area contributed by atoms with Gasteiger partial charge in [-0.25, -0.2) is 0 Å². The van der Waals surface area contributed by atoms with Crippen LogP contribution in [0.25, 0.3) is 0 Å². The second-order valence-electron chi connectivity index (χ2n) is 7.17. The standard InChI is InChI=1S/C23H31NO2/c1-3-25-22-11-7-8-20(16-24-21-9-5-4-6-10-21)23(22)26-17-19-14-12-18(2)13-15-19/h7-8,11-15,21,24H,3-6,9-10,16-17H2,1-2H3.